The van der Waals surface area contributed by atoms with Gasteiger partial charge in [0.25, 0.3) is 0 Å². The van der Waals surface area contributed by atoms with Crippen molar-refractivity contribution in [2.75, 3.05) is 13.2 Å². The number of ether oxygens (including phenoxy) is 3. The molecular formula is C63H100O6. The summed E-state index contributed by atoms with van der Waals surface area (Å²) in [4.78, 5) is 38.1. The molecule has 69 heavy (non-hydrogen) atoms. The van der Waals surface area contributed by atoms with Crippen LogP contribution in [0.25, 0.3) is 0 Å². The first kappa shape index (κ1) is 64.5. The standard InChI is InChI=1S/C63H100O6/c1-4-7-10-13-16-19-22-25-28-30-31-33-36-38-41-44-47-50-53-56-62(65)68-59-60(69-63(66)57-54-51-48-45-42-39-34-27-24-21-18-15-12-9-6-3)58-67-61(64)55-52-49-46-43-40-37-35-32-29-26-23-20-17-14-11-8-5-2/h7,10,16-21,25-29,31,33-35,37-38,41,47,50,60H,4-6,8-9,11-15,22-24,30,32,36,39-40,42-46,48-49,51-59H2,1-3H3/b10-7-,19-16-,20-17-,21-18-,28-25-,29-26-,33-31-,34-27-,37-35-,41-38-,50-47-/t60-/m0/s1. The molecule has 0 amide bonds. The van der Waals surface area contributed by atoms with Crippen molar-refractivity contribution in [2.24, 2.45) is 0 Å². The van der Waals surface area contributed by atoms with E-state index >= 15 is 0 Å². The fourth-order valence-electron chi connectivity index (χ4n) is 6.97. The molecule has 0 aliphatic rings. The van der Waals surface area contributed by atoms with E-state index in [9.17, 15) is 14.4 Å². The van der Waals surface area contributed by atoms with Crippen molar-refractivity contribution in [1.82, 2.24) is 0 Å². The number of esters is 3. The van der Waals surface area contributed by atoms with Crippen LogP contribution in [0.4, 0.5) is 0 Å². The first-order chi connectivity index (χ1) is 34.0. The molecule has 0 N–H and O–H groups in total. The van der Waals surface area contributed by atoms with Gasteiger partial charge < -0.3 is 14.2 Å². The second-order valence-electron chi connectivity index (χ2n) is 17.7. The van der Waals surface area contributed by atoms with Crippen LogP contribution < -0.4 is 0 Å². The summed E-state index contributed by atoms with van der Waals surface area (Å²) in [6, 6.07) is 0. The second-order valence-corrected chi connectivity index (χ2v) is 17.7. The van der Waals surface area contributed by atoms with Crippen LogP contribution in [0.5, 0.6) is 0 Å². The van der Waals surface area contributed by atoms with Crippen molar-refractivity contribution in [3.05, 3.63) is 134 Å². The molecule has 6 heteroatoms. The van der Waals surface area contributed by atoms with Crippen LogP contribution in [0.3, 0.4) is 0 Å². The van der Waals surface area contributed by atoms with Crippen LogP contribution in [0.2, 0.25) is 0 Å². The Morgan fingerprint density at radius 3 is 0.971 bits per heavy atom. The van der Waals surface area contributed by atoms with Crippen molar-refractivity contribution < 1.29 is 28.6 Å². The summed E-state index contributed by atoms with van der Waals surface area (Å²) in [5, 5.41) is 0. The van der Waals surface area contributed by atoms with Crippen LogP contribution in [0, 0.1) is 0 Å². The Bertz CT molecular complexity index is 1510. The molecule has 0 rings (SSSR count). The molecule has 0 bridgehead atoms. The van der Waals surface area contributed by atoms with Crippen LogP contribution in [0.15, 0.2) is 134 Å². The van der Waals surface area contributed by atoms with Gasteiger partial charge in [-0.2, -0.15) is 0 Å². The fourth-order valence-corrected chi connectivity index (χ4v) is 6.97. The molecular weight excluding hydrogens is 853 g/mol. The van der Waals surface area contributed by atoms with E-state index in [1.807, 2.05) is 12.2 Å². The Hall–Kier alpha value is -4.45. The average molecular weight is 953 g/mol. The number of hydrogen-bond acceptors (Lipinski definition) is 6. The molecule has 0 fully saturated rings. The Morgan fingerprint density at radius 1 is 0.304 bits per heavy atom. The quantitative estimate of drug-likeness (QED) is 0.0262. The minimum absolute atomic E-state index is 0.123. The molecule has 0 saturated carbocycles. The highest BCUT2D eigenvalue weighted by Crippen LogP contribution is 2.12. The number of carbonyl (C=O) groups is 3. The third-order valence-corrected chi connectivity index (χ3v) is 11.1. The van der Waals surface area contributed by atoms with E-state index in [0.29, 0.717) is 12.8 Å². The fraction of sp³-hybridized carbons (Fsp3) is 0.603. The van der Waals surface area contributed by atoms with Gasteiger partial charge in [0.2, 0.25) is 0 Å². The lowest BCUT2D eigenvalue weighted by molar-refractivity contribution is -0.166. The second kappa shape index (κ2) is 56.1. The van der Waals surface area contributed by atoms with Crippen LogP contribution in [-0.2, 0) is 28.6 Å². The maximum Gasteiger partial charge on any atom is 0.306 e. The highest BCUT2D eigenvalue weighted by atomic mass is 16.6. The lowest BCUT2D eigenvalue weighted by atomic mass is 10.1. The van der Waals surface area contributed by atoms with Gasteiger partial charge in [-0.05, 0) is 128 Å². The molecule has 0 aliphatic carbocycles. The molecule has 1 atom stereocenters. The van der Waals surface area contributed by atoms with E-state index in [-0.39, 0.29) is 44.0 Å². The van der Waals surface area contributed by atoms with Crippen molar-refractivity contribution >= 4 is 17.9 Å². The zero-order chi connectivity index (χ0) is 50.0. The molecule has 6 nitrogen and oxygen atoms in total. The Kier molecular flexibility index (Phi) is 52.5. The zero-order valence-electron chi connectivity index (χ0n) is 44.3. The Balaban J connectivity index is 4.59. The molecule has 0 spiro atoms. The van der Waals surface area contributed by atoms with Gasteiger partial charge in [-0.15, -0.1) is 0 Å². The smallest absolute Gasteiger partial charge is 0.306 e. The molecule has 0 aliphatic heterocycles. The van der Waals surface area contributed by atoms with Gasteiger partial charge in [-0.25, -0.2) is 0 Å². The molecule has 388 valence electrons. The van der Waals surface area contributed by atoms with E-state index in [0.717, 1.165) is 128 Å². The normalized spacial score (nSPS) is 13.1. The predicted octanol–water partition coefficient (Wildman–Crippen LogP) is 18.6. The average Bonchev–Trinajstić information content (AvgIpc) is 3.35. The first-order valence-electron chi connectivity index (χ1n) is 27.7. The summed E-state index contributed by atoms with van der Waals surface area (Å²) in [7, 11) is 0. The third-order valence-electron chi connectivity index (χ3n) is 11.1. The predicted molar refractivity (Wildman–Crippen MR) is 297 cm³/mol. The van der Waals surface area contributed by atoms with E-state index < -0.39 is 6.10 Å². The highest BCUT2D eigenvalue weighted by Gasteiger charge is 2.19. The number of carbonyl (C=O) groups excluding carboxylic acids is 3. The third kappa shape index (κ3) is 54.4. The molecule has 0 aromatic rings. The minimum Gasteiger partial charge on any atom is -0.462 e. The monoisotopic (exact) mass is 953 g/mol. The van der Waals surface area contributed by atoms with Gasteiger partial charge >= 0.3 is 17.9 Å². The summed E-state index contributed by atoms with van der Waals surface area (Å²) in [6.45, 7) is 6.36. The maximum absolute atomic E-state index is 12.8. The van der Waals surface area contributed by atoms with E-state index in [1.165, 1.54) is 51.4 Å². The maximum atomic E-state index is 12.8. The molecule has 0 saturated heterocycles. The van der Waals surface area contributed by atoms with Crippen molar-refractivity contribution in [3.63, 3.8) is 0 Å². The molecule has 0 aromatic heterocycles. The van der Waals surface area contributed by atoms with Crippen LogP contribution in [-0.4, -0.2) is 37.2 Å². The number of hydrogen-bond donors (Lipinski definition) is 0. The van der Waals surface area contributed by atoms with Crippen molar-refractivity contribution in [2.45, 2.75) is 232 Å². The van der Waals surface area contributed by atoms with Gasteiger partial charge in [0.05, 0.1) is 0 Å². The van der Waals surface area contributed by atoms with Gasteiger partial charge in [0.15, 0.2) is 6.10 Å². The lowest BCUT2D eigenvalue weighted by Gasteiger charge is -2.18. The summed E-state index contributed by atoms with van der Waals surface area (Å²) < 4.78 is 16.7. The zero-order valence-corrected chi connectivity index (χ0v) is 44.3. The Labute approximate surface area is 424 Å². The lowest BCUT2D eigenvalue weighted by Crippen LogP contribution is -2.30. The van der Waals surface area contributed by atoms with Crippen LogP contribution >= 0.6 is 0 Å². The first-order valence-corrected chi connectivity index (χ1v) is 27.7. The van der Waals surface area contributed by atoms with Crippen LogP contribution in [0.1, 0.15) is 226 Å². The molecule has 0 unspecified atom stereocenters. The summed E-state index contributed by atoms with van der Waals surface area (Å²) >= 11 is 0. The van der Waals surface area contributed by atoms with Crippen molar-refractivity contribution in [3.8, 4) is 0 Å². The summed E-state index contributed by atoms with van der Waals surface area (Å²) in [5.41, 5.74) is 0. The largest absolute Gasteiger partial charge is 0.462 e. The number of unbranched alkanes of at least 4 members (excludes halogenated alkanes) is 15. The molecule has 0 radical (unpaired) electrons. The molecule has 0 heterocycles. The summed E-state index contributed by atoms with van der Waals surface area (Å²) in [5.74, 6) is -1.05. The van der Waals surface area contributed by atoms with E-state index in [2.05, 4.69) is 142 Å². The number of rotatable bonds is 48. The SMILES string of the molecule is CC/C=C\C/C=C\C/C=C\C/C=C\C/C=C\C/C=C\CCC(=O)OC[C@H](COC(=O)CCCCCC/C=C\C/C=C\C/C=C\CCCCC)OC(=O)CCCCCCC/C=C\C/C=C\CCCCC. The van der Waals surface area contributed by atoms with E-state index in [1.54, 1.807) is 0 Å². The minimum atomic E-state index is -0.831. The van der Waals surface area contributed by atoms with E-state index in [4.69, 9.17) is 14.2 Å². The number of allylic oxidation sites excluding steroid dienone is 22. The molecule has 0 aromatic carbocycles. The Morgan fingerprint density at radius 2 is 0.594 bits per heavy atom. The van der Waals surface area contributed by atoms with Gasteiger partial charge in [0.1, 0.15) is 13.2 Å². The summed E-state index contributed by atoms with van der Waals surface area (Å²) in [6.07, 6.45) is 78.7. The highest BCUT2D eigenvalue weighted by molar-refractivity contribution is 5.71. The topological polar surface area (TPSA) is 78.9 Å². The van der Waals surface area contributed by atoms with Gasteiger partial charge in [-0.1, -0.05) is 212 Å². The van der Waals surface area contributed by atoms with Crippen molar-refractivity contribution in [1.29, 1.82) is 0 Å². The van der Waals surface area contributed by atoms with Gasteiger partial charge in [-0.3, -0.25) is 14.4 Å². The van der Waals surface area contributed by atoms with Gasteiger partial charge in [0, 0.05) is 19.3 Å².